The summed E-state index contributed by atoms with van der Waals surface area (Å²) in [7, 11) is 2.03. The number of para-hydroxylation sites is 1. The van der Waals surface area contributed by atoms with Crippen molar-refractivity contribution in [3.05, 3.63) is 133 Å². The third-order valence-corrected chi connectivity index (χ3v) is 6.85. The molecule has 1 aromatic heterocycles. The molecule has 3 heterocycles. The van der Waals surface area contributed by atoms with E-state index in [1.54, 1.807) is 0 Å². The fourth-order valence-electron chi connectivity index (χ4n) is 5.04. The summed E-state index contributed by atoms with van der Waals surface area (Å²) < 4.78 is 0. The van der Waals surface area contributed by atoms with Crippen LogP contribution in [0.3, 0.4) is 0 Å². The van der Waals surface area contributed by atoms with Gasteiger partial charge in [0.2, 0.25) is 0 Å². The monoisotopic (exact) mass is 561 g/mol. The van der Waals surface area contributed by atoms with Gasteiger partial charge in [0.25, 0.3) is 0 Å². The summed E-state index contributed by atoms with van der Waals surface area (Å²) in [4.78, 5) is 11.0. The Bertz CT molecular complexity index is 1410. The van der Waals surface area contributed by atoms with Crippen molar-refractivity contribution >= 4 is 22.7 Å². The molecule has 4 nitrogen and oxygen atoms in total. The van der Waals surface area contributed by atoms with Gasteiger partial charge in [-0.15, -0.1) is 29.4 Å². The van der Waals surface area contributed by atoms with Crippen LogP contribution in [-0.4, -0.2) is 16.9 Å². The summed E-state index contributed by atoms with van der Waals surface area (Å²) in [5.74, 6) is 0. The van der Waals surface area contributed by atoms with Crippen molar-refractivity contribution in [2.45, 2.75) is 25.7 Å². The van der Waals surface area contributed by atoms with Gasteiger partial charge in [0, 0.05) is 38.0 Å². The summed E-state index contributed by atoms with van der Waals surface area (Å²) in [5.41, 5.74) is 8.81. The van der Waals surface area contributed by atoms with Gasteiger partial charge in [0.05, 0.1) is 0 Å². The van der Waals surface area contributed by atoms with Crippen LogP contribution in [0.15, 0.2) is 91.4 Å². The fraction of sp³-hybridized carbons (Fsp3) is 0.161. The molecule has 4 aromatic rings. The minimum atomic E-state index is -0.145. The van der Waals surface area contributed by atoms with E-state index in [1.165, 1.54) is 16.8 Å². The third-order valence-electron chi connectivity index (χ3n) is 6.85. The first-order valence-electron chi connectivity index (χ1n) is 11.9. The summed E-state index contributed by atoms with van der Waals surface area (Å²) >= 11 is 0. The zero-order chi connectivity index (χ0) is 24.0. The molecule has 3 aromatic carbocycles. The van der Waals surface area contributed by atoms with Gasteiger partial charge in [-0.25, -0.2) is 0 Å². The Morgan fingerprint density at radius 2 is 1.64 bits per heavy atom. The average molecular weight is 562 g/mol. The molecule has 0 atom stereocenters. The molecule has 0 spiro atoms. The van der Waals surface area contributed by atoms with Gasteiger partial charge in [0.1, 0.15) is 0 Å². The summed E-state index contributed by atoms with van der Waals surface area (Å²) in [5, 5.41) is 0. The number of benzene rings is 3. The Morgan fingerprint density at radius 1 is 0.833 bits per heavy atom. The molecule has 2 aliphatic rings. The van der Waals surface area contributed by atoms with Gasteiger partial charge >= 0.3 is 0 Å². The van der Waals surface area contributed by atoms with Gasteiger partial charge < -0.3 is 14.7 Å². The second-order valence-electron chi connectivity index (χ2n) is 9.63. The molecule has 0 amide bonds. The van der Waals surface area contributed by atoms with Gasteiger partial charge in [0.15, 0.2) is 0 Å². The van der Waals surface area contributed by atoms with Crippen molar-refractivity contribution < 1.29 is 20.4 Å². The molecule has 0 saturated heterocycles. The Hall–Kier alpha value is -3.39. The molecular formula is C31H27N4Pd-3. The van der Waals surface area contributed by atoms with E-state index in [4.69, 9.17) is 0 Å². The van der Waals surface area contributed by atoms with Gasteiger partial charge in [-0.2, -0.15) is 36.5 Å². The zero-order valence-corrected chi connectivity index (χ0v) is 22.1. The molecule has 0 bridgehead atoms. The van der Waals surface area contributed by atoms with E-state index in [2.05, 4.69) is 101 Å². The minimum absolute atomic E-state index is 0. The summed E-state index contributed by atoms with van der Waals surface area (Å²) in [6.45, 7) is 6.65. The van der Waals surface area contributed by atoms with Crippen molar-refractivity contribution in [3.63, 3.8) is 0 Å². The van der Waals surface area contributed by atoms with Crippen molar-refractivity contribution in [2.24, 2.45) is 0 Å². The zero-order valence-electron chi connectivity index (χ0n) is 20.5. The Balaban J connectivity index is 0.00000267. The maximum absolute atomic E-state index is 4.53. The largest absolute Gasteiger partial charge is 0.510 e. The van der Waals surface area contributed by atoms with E-state index < -0.39 is 0 Å². The average Bonchev–Trinajstić information content (AvgIpc) is 3.31. The predicted molar refractivity (Wildman–Crippen MR) is 142 cm³/mol. The molecule has 6 rings (SSSR count). The number of nitrogens with zero attached hydrogens (tertiary/aromatic N) is 4. The Labute approximate surface area is 227 Å². The molecule has 0 fully saturated rings. The second kappa shape index (κ2) is 9.58. The number of fused-ring (bicyclic) bond motifs is 2. The van der Waals surface area contributed by atoms with E-state index in [-0.39, 0.29) is 25.8 Å². The van der Waals surface area contributed by atoms with Crippen LogP contribution in [0.2, 0.25) is 0 Å². The number of anilines is 4. The van der Waals surface area contributed by atoms with E-state index in [0.717, 1.165) is 34.7 Å². The van der Waals surface area contributed by atoms with E-state index in [9.17, 15) is 0 Å². The number of hydrogen-bond acceptors (Lipinski definition) is 4. The molecule has 0 radical (unpaired) electrons. The van der Waals surface area contributed by atoms with Gasteiger partial charge in [-0.1, -0.05) is 49.5 Å². The fourth-order valence-corrected chi connectivity index (χ4v) is 5.04. The first kappa shape index (κ1) is 24.3. The Kier molecular flexibility index (Phi) is 6.47. The maximum Gasteiger partial charge on any atom is 0.0449 e. The molecule has 2 aliphatic heterocycles. The van der Waals surface area contributed by atoms with Crippen LogP contribution < -0.4 is 9.80 Å². The number of hydrogen-bond donors (Lipinski definition) is 0. The van der Waals surface area contributed by atoms with Crippen LogP contribution in [0.5, 0.6) is 0 Å². The van der Waals surface area contributed by atoms with E-state index >= 15 is 0 Å². The predicted octanol–water partition coefficient (Wildman–Crippen LogP) is 6.72. The summed E-state index contributed by atoms with van der Waals surface area (Å²) in [6, 6.07) is 33.0. The third kappa shape index (κ3) is 4.24. The SMILES string of the molecule is CN1C=CN(c2[c-]c(N3c4[c-]c(Cc5ccccn5)ccc4C(C)(C)c4ccccc43)ccc2)[CH-]1.[Pd]. The standard InChI is InChI=1S/C31H27N4.Pd/c1-31(2)27-12-4-5-13-29(27)35(26-11-8-10-25(21-26)34-18-17-33(3)22-34)30-20-23(14-15-28(30)31)19-24-9-6-7-16-32-24;/h4-18,22H,19H2,1-3H3;/q-3;. The number of pyridine rings is 1. The maximum atomic E-state index is 4.53. The molecule has 0 aliphatic carbocycles. The van der Waals surface area contributed by atoms with Crippen LogP contribution in [0, 0.1) is 18.8 Å². The smallest absolute Gasteiger partial charge is 0.0449 e. The first-order valence-corrected chi connectivity index (χ1v) is 11.9. The van der Waals surface area contributed by atoms with Crippen molar-refractivity contribution in [3.8, 4) is 0 Å². The second-order valence-corrected chi connectivity index (χ2v) is 9.63. The Morgan fingerprint density at radius 3 is 2.42 bits per heavy atom. The molecule has 0 saturated carbocycles. The van der Waals surface area contributed by atoms with Crippen LogP contribution in [0.4, 0.5) is 22.7 Å². The molecule has 36 heavy (non-hydrogen) atoms. The number of rotatable bonds is 4. The summed E-state index contributed by atoms with van der Waals surface area (Å²) in [6.07, 6.45) is 6.68. The van der Waals surface area contributed by atoms with Gasteiger partial charge in [-0.3, -0.25) is 4.98 Å². The number of aromatic nitrogens is 1. The van der Waals surface area contributed by atoms with Crippen LogP contribution >= 0.6 is 0 Å². The van der Waals surface area contributed by atoms with Crippen LogP contribution in [0.1, 0.15) is 36.2 Å². The topological polar surface area (TPSA) is 22.6 Å². The minimum Gasteiger partial charge on any atom is -0.510 e. The molecular weight excluding hydrogens is 535 g/mol. The molecule has 184 valence electrons. The molecule has 0 unspecified atom stereocenters. The molecule has 5 heteroatoms. The molecule has 0 N–H and O–H groups in total. The van der Waals surface area contributed by atoms with Crippen molar-refractivity contribution in [1.29, 1.82) is 0 Å². The quantitative estimate of drug-likeness (QED) is 0.204. The van der Waals surface area contributed by atoms with Crippen molar-refractivity contribution in [2.75, 3.05) is 16.8 Å². The van der Waals surface area contributed by atoms with Crippen LogP contribution in [-0.2, 0) is 32.3 Å². The van der Waals surface area contributed by atoms with Crippen molar-refractivity contribution in [1.82, 2.24) is 9.88 Å². The van der Waals surface area contributed by atoms with Crippen LogP contribution in [0.25, 0.3) is 0 Å². The normalized spacial score (nSPS) is 15.4. The first-order chi connectivity index (χ1) is 17.0. The van der Waals surface area contributed by atoms with E-state index in [0.29, 0.717) is 0 Å². The van der Waals surface area contributed by atoms with E-state index in [1.807, 2.05) is 49.3 Å². The van der Waals surface area contributed by atoms with Gasteiger partial charge in [-0.05, 0) is 55.0 Å².